The number of fused-ring (bicyclic) bond motifs is 1. The van der Waals surface area contributed by atoms with Crippen molar-refractivity contribution in [2.45, 2.75) is 51.7 Å². The van der Waals surface area contributed by atoms with Gasteiger partial charge in [0.25, 0.3) is 0 Å². The minimum Gasteiger partial charge on any atom is -0.358 e. The normalized spacial score (nSPS) is 43.5. The predicted molar refractivity (Wildman–Crippen MR) is 50.5 cm³/mol. The van der Waals surface area contributed by atoms with Crippen molar-refractivity contribution in [2.24, 2.45) is 11.8 Å². The van der Waals surface area contributed by atoms with E-state index < -0.39 is 0 Å². The lowest BCUT2D eigenvalue weighted by atomic mass is 9.76. The van der Waals surface area contributed by atoms with E-state index in [9.17, 15) is 4.79 Å². The molecule has 0 radical (unpaired) electrons. The number of hydrogen-bond donors (Lipinski definition) is 0. The monoisotopic (exact) mass is 182 g/mol. The van der Waals surface area contributed by atoms with Crippen molar-refractivity contribution in [1.82, 2.24) is 0 Å². The Balaban J connectivity index is 2.03. The van der Waals surface area contributed by atoms with Crippen LogP contribution in [0.1, 0.15) is 40.0 Å². The van der Waals surface area contributed by atoms with Crippen LogP contribution in [0, 0.1) is 11.8 Å². The Labute approximate surface area is 79.7 Å². The molecule has 1 saturated heterocycles. The lowest BCUT2D eigenvalue weighted by Crippen LogP contribution is -2.33. The van der Waals surface area contributed by atoms with Gasteiger partial charge in [-0.25, -0.2) is 0 Å². The topological polar surface area (TPSA) is 29.6 Å². The molecule has 2 fully saturated rings. The van der Waals surface area contributed by atoms with E-state index in [4.69, 9.17) is 4.74 Å². The van der Waals surface area contributed by atoms with Crippen LogP contribution in [-0.4, -0.2) is 17.5 Å². The van der Waals surface area contributed by atoms with Crippen LogP contribution in [0.3, 0.4) is 0 Å². The van der Waals surface area contributed by atoms with Gasteiger partial charge in [0, 0.05) is 6.42 Å². The van der Waals surface area contributed by atoms with Gasteiger partial charge in [-0.15, -0.1) is 0 Å². The zero-order chi connectivity index (χ0) is 9.64. The van der Waals surface area contributed by atoms with Crippen LogP contribution in [0.4, 0.5) is 0 Å². The first-order valence-electron chi connectivity index (χ1n) is 5.24. The zero-order valence-electron chi connectivity index (χ0n) is 8.67. The summed E-state index contributed by atoms with van der Waals surface area (Å²) in [5.41, 5.74) is -0.0837. The molecule has 0 aromatic rings. The third-order valence-corrected chi connectivity index (χ3v) is 3.43. The maximum absolute atomic E-state index is 11.3. The van der Waals surface area contributed by atoms with Crippen LogP contribution in [0.5, 0.6) is 0 Å². The Morgan fingerprint density at radius 3 is 2.92 bits per heavy atom. The van der Waals surface area contributed by atoms with Crippen LogP contribution < -0.4 is 0 Å². The van der Waals surface area contributed by atoms with Crippen molar-refractivity contribution in [2.75, 3.05) is 0 Å². The summed E-state index contributed by atoms with van der Waals surface area (Å²) >= 11 is 0. The van der Waals surface area contributed by atoms with E-state index in [0.29, 0.717) is 17.6 Å². The summed E-state index contributed by atoms with van der Waals surface area (Å²) in [4.78, 5) is 11.3. The summed E-state index contributed by atoms with van der Waals surface area (Å²) in [5, 5.41) is 0. The number of carbonyl (C=O) groups is 1. The molecule has 2 rings (SSSR count). The summed E-state index contributed by atoms with van der Waals surface area (Å²) in [5.74, 6) is 1.64. The van der Waals surface area contributed by atoms with E-state index in [2.05, 4.69) is 20.8 Å². The van der Waals surface area contributed by atoms with Gasteiger partial charge in [0.15, 0.2) is 5.78 Å². The average molecular weight is 182 g/mol. The van der Waals surface area contributed by atoms with Gasteiger partial charge in [-0.2, -0.15) is 0 Å². The summed E-state index contributed by atoms with van der Waals surface area (Å²) < 4.78 is 5.54. The van der Waals surface area contributed by atoms with Gasteiger partial charge in [0.05, 0.1) is 0 Å². The highest BCUT2D eigenvalue weighted by atomic mass is 16.6. The van der Waals surface area contributed by atoms with Gasteiger partial charge >= 0.3 is 0 Å². The first-order valence-corrected chi connectivity index (χ1v) is 5.24. The number of ether oxygens (including phenoxy) is 1. The van der Waals surface area contributed by atoms with Crippen molar-refractivity contribution in [3.8, 4) is 0 Å². The summed E-state index contributed by atoms with van der Waals surface area (Å²) in [7, 11) is 0. The Morgan fingerprint density at radius 1 is 1.62 bits per heavy atom. The fraction of sp³-hybridized carbons (Fsp3) is 0.909. The Morgan fingerprint density at radius 2 is 2.31 bits per heavy atom. The van der Waals surface area contributed by atoms with Crippen LogP contribution in [0.25, 0.3) is 0 Å². The maximum atomic E-state index is 11.3. The van der Waals surface area contributed by atoms with Crippen LogP contribution in [-0.2, 0) is 9.53 Å². The minimum atomic E-state index is -0.0837. The summed E-state index contributed by atoms with van der Waals surface area (Å²) in [6.45, 7) is 6.57. The number of hydrogen-bond acceptors (Lipinski definition) is 2. The molecule has 1 heterocycles. The van der Waals surface area contributed by atoms with E-state index in [1.165, 1.54) is 6.42 Å². The van der Waals surface area contributed by atoms with Gasteiger partial charge in [-0.05, 0) is 31.6 Å². The van der Waals surface area contributed by atoms with Crippen LogP contribution in [0.15, 0.2) is 0 Å². The van der Waals surface area contributed by atoms with E-state index in [0.717, 1.165) is 12.8 Å². The average Bonchev–Trinajstić information content (AvgIpc) is 2.70. The smallest absolute Gasteiger partial charge is 0.164 e. The highest BCUT2D eigenvalue weighted by Gasteiger charge is 2.62. The molecule has 0 N–H and O–H groups in total. The molecule has 0 aromatic heterocycles. The molecule has 0 bridgehead atoms. The lowest BCUT2D eigenvalue weighted by molar-refractivity contribution is -0.121. The zero-order valence-corrected chi connectivity index (χ0v) is 8.67. The van der Waals surface area contributed by atoms with Crippen molar-refractivity contribution in [1.29, 1.82) is 0 Å². The van der Waals surface area contributed by atoms with E-state index >= 15 is 0 Å². The number of rotatable bonds is 2. The third kappa shape index (κ3) is 1.41. The Hall–Kier alpha value is -0.370. The Kier molecular flexibility index (Phi) is 1.99. The third-order valence-electron chi connectivity index (χ3n) is 3.43. The molecular weight excluding hydrogens is 164 g/mol. The van der Waals surface area contributed by atoms with Crippen molar-refractivity contribution in [3.05, 3.63) is 0 Å². The quantitative estimate of drug-likeness (QED) is 0.612. The standard InChI is InChI=1S/C11H18O2/c1-7(2)6-8-4-5-9(12)10-11(8,3)13-10/h7-8,10H,4-6H2,1-3H3. The molecule has 74 valence electrons. The maximum Gasteiger partial charge on any atom is 0.164 e. The first-order chi connectivity index (χ1) is 6.04. The predicted octanol–water partition coefficient (Wildman–Crippen LogP) is 2.17. The highest BCUT2D eigenvalue weighted by Crippen LogP contribution is 2.51. The first kappa shape index (κ1) is 9.20. The fourth-order valence-corrected chi connectivity index (χ4v) is 2.57. The minimum absolute atomic E-state index is 0.0509. The van der Waals surface area contributed by atoms with E-state index in [1.54, 1.807) is 0 Å². The van der Waals surface area contributed by atoms with Gasteiger partial charge < -0.3 is 4.74 Å². The van der Waals surface area contributed by atoms with Gasteiger partial charge in [0.1, 0.15) is 11.7 Å². The Bertz CT molecular complexity index is 234. The van der Waals surface area contributed by atoms with Crippen molar-refractivity contribution < 1.29 is 9.53 Å². The van der Waals surface area contributed by atoms with E-state index in [1.807, 2.05) is 0 Å². The number of epoxide rings is 1. The van der Waals surface area contributed by atoms with Crippen molar-refractivity contribution in [3.63, 3.8) is 0 Å². The number of ketones is 1. The SMILES string of the molecule is CC(C)CC1CCC(=O)C2OC12C. The van der Waals surface area contributed by atoms with Gasteiger partial charge in [-0.1, -0.05) is 13.8 Å². The molecule has 2 aliphatic rings. The molecule has 2 heteroatoms. The van der Waals surface area contributed by atoms with E-state index in [-0.39, 0.29) is 11.7 Å². The van der Waals surface area contributed by atoms with Crippen LogP contribution in [0.2, 0.25) is 0 Å². The molecule has 3 atom stereocenters. The van der Waals surface area contributed by atoms with Gasteiger partial charge in [-0.3, -0.25) is 4.79 Å². The largest absolute Gasteiger partial charge is 0.358 e. The number of carbonyl (C=O) groups excluding carboxylic acids is 1. The second-order valence-corrected chi connectivity index (χ2v) is 5.01. The molecule has 2 nitrogen and oxygen atoms in total. The molecular formula is C11H18O2. The summed E-state index contributed by atoms with van der Waals surface area (Å²) in [6.07, 6.45) is 2.91. The van der Waals surface area contributed by atoms with Gasteiger partial charge in [0.2, 0.25) is 0 Å². The second-order valence-electron chi connectivity index (χ2n) is 5.01. The molecule has 1 aliphatic heterocycles. The summed E-state index contributed by atoms with van der Waals surface area (Å²) in [6, 6.07) is 0. The molecule has 1 saturated carbocycles. The van der Waals surface area contributed by atoms with Crippen molar-refractivity contribution >= 4 is 5.78 Å². The lowest BCUT2D eigenvalue weighted by Gasteiger charge is -2.25. The fourth-order valence-electron chi connectivity index (χ4n) is 2.57. The van der Waals surface area contributed by atoms with Crippen LogP contribution >= 0.6 is 0 Å². The number of Topliss-reactive ketones (excluding diaryl/α,β-unsaturated/α-hetero) is 1. The molecule has 13 heavy (non-hydrogen) atoms. The molecule has 0 spiro atoms. The molecule has 1 aliphatic carbocycles. The molecule has 0 amide bonds. The molecule has 3 unspecified atom stereocenters. The highest BCUT2D eigenvalue weighted by molar-refractivity contribution is 5.88. The molecule has 0 aromatic carbocycles. The second kappa shape index (κ2) is 2.81.